The van der Waals surface area contributed by atoms with Crippen LogP contribution in [0.25, 0.3) is 11.0 Å². The summed E-state index contributed by atoms with van der Waals surface area (Å²) in [6.45, 7) is 7.03. The minimum Gasteiger partial charge on any atom is -0.464 e. The van der Waals surface area contributed by atoms with Gasteiger partial charge in [-0.05, 0) is 29.2 Å². The van der Waals surface area contributed by atoms with E-state index >= 15 is 0 Å². The normalized spacial score (nSPS) is 14.9. The van der Waals surface area contributed by atoms with E-state index in [4.69, 9.17) is 9.15 Å². The lowest BCUT2D eigenvalue weighted by Crippen LogP contribution is -2.36. The van der Waals surface area contributed by atoms with Crippen molar-refractivity contribution in [3.63, 3.8) is 0 Å². The van der Waals surface area contributed by atoms with Crippen molar-refractivity contribution >= 4 is 16.9 Å². The van der Waals surface area contributed by atoms with E-state index in [0.717, 1.165) is 61.4 Å². The van der Waals surface area contributed by atoms with Crippen molar-refractivity contribution in [3.8, 4) is 0 Å². The maximum absolute atomic E-state index is 12.6. The minimum atomic E-state index is 0.00782. The number of carbonyl (C=O) groups excluding carboxylic acids is 1. The van der Waals surface area contributed by atoms with Gasteiger partial charge in [0.15, 0.2) is 0 Å². The van der Waals surface area contributed by atoms with Gasteiger partial charge in [-0.2, -0.15) is 0 Å². The standard InChI is InChI=1S/C24H28N2O3/c1-2-18-7-8-22-21(17-29-23(22)13-18)14-24(27)25-15-19-5-3-4-6-20(19)16-26-9-11-28-12-10-26/h3-8,13,17H,2,9-12,14-16H2,1H3,(H,25,27). The molecule has 1 fully saturated rings. The Morgan fingerprint density at radius 2 is 1.86 bits per heavy atom. The Labute approximate surface area is 171 Å². The topological polar surface area (TPSA) is 54.7 Å². The number of furan rings is 1. The molecule has 5 heteroatoms. The van der Waals surface area contributed by atoms with Gasteiger partial charge < -0.3 is 14.5 Å². The highest BCUT2D eigenvalue weighted by Crippen LogP contribution is 2.23. The zero-order valence-corrected chi connectivity index (χ0v) is 16.9. The molecular formula is C24H28N2O3. The molecule has 0 aliphatic carbocycles. The summed E-state index contributed by atoms with van der Waals surface area (Å²) in [6, 6.07) is 14.5. The highest BCUT2D eigenvalue weighted by molar-refractivity contribution is 5.87. The van der Waals surface area contributed by atoms with Crippen molar-refractivity contribution in [1.29, 1.82) is 0 Å². The predicted octanol–water partition coefficient (Wildman–Crippen LogP) is 3.69. The van der Waals surface area contributed by atoms with E-state index in [2.05, 4.69) is 53.5 Å². The molecule has 2 aromatic carbocycles. The molecule has 5 nitrogen and oxygen atoms in total. The summed E-state index contributed by atoms with van der Waals surface area (Å²) in [4.78, 5) is 15.0. The Morgan fingerprint density at radius 3 is 2.66 bits per heavy atom. The lowest BCUT2D eigenvalue weighted by molar-refractivity contribution is -0.120. The monoisotopic (exact) mass is 392 g/mol. The van der Waals surface area contributed by atoms with E-state index < -0.39 is 0 Å². The summed E-state index contributed by atoms with van der Waals surface area (Å²) in [6.07, 6.45) is 3.00. The van der Waals surface area contributed by atoms with Gasteiger partial charge in [0.05, 0.1) is 25.9 Å². The SMILES string of the molecule is CCc1ccc2c(CC(=O)NCc3ccccc3CN3CCOCC3)coc2c1. The van der Waals surface area contributed by atoms with Crippen LogP contribution in [0.2, 0.25) is 0 Å². The van der Waals surface area contributed by atoms with Gasteiger partial charge in [0, 0.05) is 37.1 Å². The molecule has 4 rings (SSSR count). The third-order valence-corrected chi connectivity index (χ3v) is 5.57. The number of nitrogens with zero attached hydrogens (tertiary/aromatic N) is 1. The summed E-state index contributed by atoms with van der Waals surface area (Å²) < 4.78 is 11.1. The van der Waals surface area contributed by atoms with E-state index in [1.54, 1.807) is 6.26 Å². The summed E-state index contributed by atoms with van der Waals surface area (Å²) in [5.74, 6) is 0.00782. The predicted molar refractivity (Wildman–Crippen MR) is 114 cm³/mol. The summed E-state index contributed by atoms with van der Waals surface area (Å²) >= 11 is 0. The molecule has 1 aliphatic heterocycles. The van der Waals surface area contributed by atoms with Gasteiger partial charge in [-0.15, -0.1) is 0 Å². The van der Waals surface area contributed by atoms with Gasteiger partial charge in [-0.3, -0.25) is 9.69 Å². The van der Waals surface area contributed by atoms with Crippen LogP contribution in [0.15, 0.2) is 53.1 Å². The molecule has 0 spiro atoms. The van der Waals surface area contributed by atoms with Crippen LogP contribution in [0.4, 0.5) is 0 Å². The fraction of sp³-hybridized carbons (Fsp3) is 0.375. The van der Waals surface area contributed by atoms with Gasteiger partial charge in [0.25, 0.3) is 0 Å². The summed E-state index contributed by atoms with van der Waals surface area (Å²) in [7, 11) is 0. The van der Waals surface area contributed by atoms with E-state index in [-0.39, 0.29) is 5.91 Å². The molecule has 0 radical (unpaired) electrons. The number of morpholine rings is 1. The van der Waals surface area contributed by atoms with Gasteiger partial charge in [0.2, 0.25) is 5.91 Å². The van der Waals surface area contributed by atoms with Gasteiger partial charge in [-0.1, -0.05) is 43.3 Å². The molecule has 152 valence electrons. The number of aryl methyl sites for hydroxylation is 1. The Hall–Kier alpha value is -2.63. The lowest BCUT2D eigenvalue weighted by Gasteiger charge is -2.27. The average Bonchev–Trinajstić information content (AvgIpc) is 3.15. The molecule has 1 aliphatic rings. The van der Waals surface area contributed by atoms with E-state index in [0.29, 0.717) is 13.0 Å². The molecule has 0 saturated carbocycles. The first-order valence-corrected chi connectivity index (χ1v) is 10.4. The van der Waals surface area contributed by atoms with Gasteiger partial charge in [0.1, 0.15) is 5.58 Å². The zero-order chi connectivity index (χ0) is 20.1. The minimum absolute atomic E-state index is 0.00782. The van der Waals surface area contributed by atoms with E-state index in [1.807, 2.05) is 6.07 Å². The first-order chi connectivity index (χ1) is 14.2. The third kappa shape index (κ3) is 4.86. The number of ether oxygens (including phenoxy) is 1. The molecule has 29 heavy (non-hydrogen) atoms. The number of rotatable bonds is 7. The van der Waals surface area contributed by atoms with Crippen molar-refractivity contribution in [2.75, 3.05) is 26.3 Å². The van der Waals surface area contributed by atoms with Crippen LogP contribution in [0.5, 0.6) is 0 Å². The largest absolute Gasteiger partial charge is 0.464 e. The smallest absolute Gasteiger partial charge is 0.224 e. The molecule has 3 aromatic rings. The molecule has 1 aromatic heterocycles. The number of nitrogens with one attached hydrogen (secondary N) is 1. The van der Waals surface area contributed by atoms with E-state index in [1.165, 1.54) is 11.1 Å². The number of carbonyl (C=O) groups is 1. The van der Waals surface area contributed by atoms with Gasteiger partial charge in [-0.25, -0.2) is 0 Å². The molecule has 1 saturated heterocycles. The van der Waals surface area contributed by atoms with Crippen LogP contribution >= 0.6 is 0 Å². The molecule has 0 unspecified atom stereocenters. The Morgan fingerprint density at radius 1 is 1.07 bits per heavy atom. The van der Waals surface area contributed by atoms with Crippen molar-refractivity contribution in [3.05, 3.63) is 71.0 Å². The molecule has 1 N–H and O–H groups in total. The summed E-state index contributed by atoms with van der Waals surface area (Å²) in [5.41, 5.74) is 5.44. The first-order valence-electron chi connectivity index (χ1n) is 10.4. The molecular weight excluding hydrogens is 364 g/mol. The number of benzene rings is 2. The fourth-order valence-corrected chi connectivity index (χ4v) is 3.80. The molecule has 0 bridgehead atoms. The van der Waals surface area contributed by atoms with Crippen LogP contribution in [-0.2, 0) is 35.5 Å². The third-order valence-electron chi connectivity index (χ3n) is 5.57. The average molecular weight is 392 g/mol. The van der Waals surface area contributed by atoms with Crippen molar-refractivity contribution < 1.29 is 13.9 Å². The Balaban J connectivity index is 1.37. The van der Waals surface area contributed by atoms with Crippen molar-refractivity contribution in [2.24, 2.45) is 0 Å². The fourth-order valence-electron chi connectivity index (χ4n) is 3.80. The number of amides is 1. The number of hydrogen-bond donors (Lipinski definition) is 1. The van der Waals surface area contributed by atoms with E-state index in [9.17, 15) is 4.79 Å². The molecule has 0 atom stereocenters. The van der Waals surface area contributed by atoms with Gasteiger partial charge >= 0.3 is 0 Å². The van der Waals surface area contributed by atoms with Crippen LogP contribution < -0.4 is 5.32 Å². The second-order valence-corrected chi connectivity index (χ2v) is 7.56. The second kappa shape index (κ2) is 9.25. The molecule has 2 heterocycles. The van der Waals surface area contributed by atoms with Crippen LogP contribution in [0.3, 0.4) is 0 Å². The zero-order valence-electron chi connectivity index (χ0n) is 16.9. The first kappa shape index (κ1) is 19.7. The highest BCUT2D eigenvalue weighted by atomic mass is 16.5. The van der Waals surface area contributed by atoms with Crippen LogP contribution in [0, 0.1) is 0 Å². The quantitative estimate of drug-likeness (QED) is 0.666. The Bertz CT molecular complexity index is 973. The summed E-state index contributed by atoms with van der Waals surface area (Å²) in [5, 5.41) is 4.10. The lowest BCUT2D eigenvalue weighted by atomic mass is 10.1. The second-order valence-electron chi connectivity index (χ2n) is 7.56. The Kier molecular flexibility index (Phi) is 6.27. The highest BCUT2D eigenvalue weighted by Gasteiger charge is 2.14. The maximum atomic E-state index is 12.6. The van der Waals surface area contributed by atoms with Crippen LogP contribution in [-0.4, -0.2) is 37.1 Å². The number of hydrogen-bond acceptors (Lipinski definition) is 4. The van der Waals surface area contributed by atoms with Crippen molar-refractivity contribution in [1.82, 2.24) is 10.2 Å². The molecule has 1 amide bonds. The maximum Gasteiger partial charge on any atom is 0.224 e. The van der Waals surface area contributed by atoms with Crippen LogP contribution in [0.1, 0.15) is 29.2 Å². The number of fused-ring (bicyclic) bond motifs is 1. The van der Waals surface area contributed by atoms with Crippen molar-refractivity contribution in [2.45, 2.75) is 32.9 Å².